The number of esters is 1. The molecular weight excluding hydrogens is 344 g/mol. The Kier molecular flexibility index (Phi) is 5.49. The topological polar surface area (TPSA) is 48.4 Å². The van der Waals surface area contributed by atoms with Gasteiger partial charge < -0.3 is 9.47 Å². The number of aromatic nitrogens is 1. The van der Waals surface area contributed by atoms with E-state index >= 15 is 0 Å². The molecule has 0 aliphatic heterocycles. The summed E-state index contributed by atoms with van der Waals surface area (Å²) in [6, 6.07) is 0.453. The number of ether oxygens (including phenoxy) is 2. The Morgan fingerprint density at radius 2 is 1.86 bits per heavy atom. The van der Waals surface area contributed by atoms with Crippen molar-refractivity contribution in [2.75, 3.05) is 7.11 Å². The lowest BCUT2D eigenvalue weighted by molar-refractivity contribution is -0.276. The van der Waals surface area contributed by atoms with Crippen LogP contribution in [0.3, 0.4) is 0 Å². The summed E-state index contributed by atoms with van der Waals surface area (Å²) in [6.45, 7) is 0. The molecule has 0 aliphatic carbocycles. The molecule has 0 radical (unpaired) electrons. The second kappa shape index (κ2) is 6.59. The average Bonchev–Trinajstić information content (AvgIpc) is 2.37. The molecule has 0 aromatic carbocycles. The molecule has 0 bridgehead atoms. The fourth-order valence-electron chi connectivity index (χ4n) is 1.46. The molecular formula is C11H8ClF6NO3. The first-order valence-electron chi connectivity index (χ1n) is 5.46. The Bertz CT molecular complexity index is 558. The molecule has 1 rings (SSSR count). The number of halogens is 7. The molecule has 0 aliphatic rings. The first-order chi connectivity index (χ1) is 9.97. The number of hydrogen-bond acceptors (Lipinski definition) is 4. The number of carbonyl (C=O) groups excluding carboxylic acids is 1. The van der Waals surface area contributed by atoms with E-state index in [1.807, 2.05) is 0 Å². The van der Waals surface area contributed by atoms with Crippen LogP contribution in [0.4, 0.5) is 26.3 Å². The number of nitrogens with zero attached hydrogens (tertiary/aromatic N) is 1. The Balaban J connectivity index is 3.46. The highest BCUT2D eigenvalue weighted by Gasteiger charge is 2.38. The van der Waals surface area contributed by atoms with Gasteiger partial charge in [-0.2, -0.15) is 13.2 Å². The fourth-order valence-corrected chi connectivity index (χ4v) is 1.70. The highest BCUT2D eigenvalue weighted by Crippen LogP contribution is 2.35. The van der Waals surface area contributed by atoms with Crippen molar-refractivity contribution in [3.63, 3.8) is 0 Å². The molecule has 0 unspecified atom stereocenters. The Morgan fingerprint density at radius 3 is 2.27 bits per heavy atom. The summed E-state index contributed by atoms with van der Waals surface area (Å²) in [7, 11) is 0.963. The van der Waals surface area contributed by atoms with Gasteiger partial charge in [0, 0.05) is 11.4 Å². The third kappa shape index (κ3) is 4.93. The summed E-state index contributed by atoms with van der Waals surface area (Å²) in [6.07, 6.45) is -11.1. The molecule has 0 saturated carbocycles. The van der Waals surface area contributed by atoms with Crippen molar-refractivity contribution in [1.82, 2.24) is 4.98 Å². The highest BCUT2D eigenvalue weighted by atomic mass is 35.5. The van der Waals surface area contributed by atoms with Gasteiger partial charge in [-0.15, -0.1) is 24.8 Å². The van der Waals surface area contributed by atoms with Gasteiger partial charge in [0.15, 0.2) is 0 Å². The Hall–Kier alpha value is -1.71. The molecule has 22 heavy (non-hydrogen) atoms. The highest BCUT2D eigenvalue weighted by molar-refractivity contribution is 6.17. The maximum Gasteiger partial charge on any atom is 0.574 e. The van der Waals surface area contributed by atoms with Gasteiger partial charge in [-0.25, -0.2) is 4.98 Å². The van der Waals surface area contributed by atoms with Gasteiger partial charge in [-0.1, -0.05) is 0 Å². The van der Waals surface area contributed by atoms with Gasteiger partial charge in [-0.05, 0) is 11.6 Å². The summed E-state index contributed by atoms with van der Waals surface area (Å²) in [5, 5.41) is 0. The molecule has 1 heterocycles. The second-order valence-corrected chi connectivity index (χ2v) is 4.15. The van der Waals surface area contributed by atoms with E-state index in [9.17, 15) is 31.1 Å². The predicted octanol–water partition coefficient (Wildman–Crippen LogP) is 3.45. The number of hydrogen-bond donors (Lipinski definition) is 0. The van der Waals surface area contributed by atoms with E-state index in [-0.39, 0.29) is 5.56 Å². The monoisotopic (exact) mass is 351 g/mol. The van der Waals surface area contributed by atoms with Crippen molar-refractivity contribution < 1.29 is 40.6 Å². The first kappa shape index (κ1) is 18.3. The molecule has 0 atom stereocenters. The Labute approximate surface area is 125 Å². The van der Waals surface area contributed by atoms with Gasteiger partial charge in [0.25, 0.3) is 0 Å². The molecule has 0 fully saturated rings. The lowest BCUT2D eigenvalue weighted by atomic mass is 10.1. The zero-order valence-corrected chi connectivity index (χ0v) is 11.6. The van der Waals surface area contributed by atoms with Crippen molar-refractivity contribution >= 4 is 17.6 Å². The number of methoxy groups -OCH3 is 1. The van der Waals surface area contributed by atoms with Crippen LogP contribution in [-0.4, -0.2) is 24.4 Å². The van der Waals surface area contributed by atoms with Crippen LogP contribution >= 0.6 is 11.6 Å². The molecule has 4 nitrogen and oxygen atoms in total. The Morgan fingerprint density at radius 1 is 1.27 bits per heavy atom. The van der Waals surface area contributed by atoms with Crippen LogP contribution in [0.1, 0.15) is 16.8 Å². The number of rotatable bonds is 4. The van der Waals surface area contributed by atoms with Crippen molar-refractivity contribution in [3.05, 3.63) is 22.9 Å². The largest absolute Gasteiger partial charge is 0.574 e. The summed E-state index contributed by atoms with van der Waals surface area (Å²) >= 11 is 5.44. The zero-order valence-electron chi connectivity index (χ0n) is 10.8. The van der Waals surface area contributed by atoms with Crippen molar-refractivity contribution in [2.45, 2.75) is 24.8 Å². The predicted molar refractivity (Wildman–Crippen MR) is 61.2 cm³/mol. The standard InChI is InChI=1S/C11H8ClF6NO3/c1-21-8(20)3-6-5(4-12)2-7(10(13,14)15)19-9(6)22-11(16,17)18/h2H,3-4H2,1H3. The van der Waals surface area contributed by atoms with Crippen LogP contribution in [-0.2, 0) is 28.0 Å². The fraction of sp³-hybridized carbons (Fsp3) is 0.455. The molecule has 124 valence electrons. The van der Waals surface area contributed by atoms with Crippen LogP contribution in [0.25, 0.3) is 0 Å². The van der Waals surface area contributed by atoms with E-state index < -0.39 is 47.9 Å². The van der Waals surface area contributed by atoms with Crippen molar-refractivity contribution in [2.24, 2.45) is 0 Å². The molecule has 1 aromatic heterocycles. The number of pyridine rings is 1. The smallest absolute Gasteiger partial charge is 0.469 e. The van der Waals surface area contributed by atoms with Crippen LogP contribution in [0.15, 0.2) is 6.07 Å². The second-order valence-electron chi connectivity index (χ2n) is 3.88. The van der Waals surface area contributed by atoms with Gasteiger partial charge in [0.2, 0.25) is 5.88 Å². The summed E-state index contributed by atoms with van der Waals surface area (Å²) in [4.78, 5) is 14.0. The van der Waals surface area contributed by atoms with Crippen LogP contribution < -0.4 is 4.74 Å². The third-order valence-corrected chi connectivity index (χ3v) is 2.66. The molecule has 1 aromatic rings. The molecule has 11 heteroatoms. The van der Waals surface area contributed by atoms with Crippen LogP contribution in [0.2, 0.25) is 0 Å². The zero-order chi connectivity index (χ0) is 17.1. The van der Waals surface area contributed by atoms with Gasteiger partial charge in [0.05, 0.1) is 13.5 Å². The minimum atomic E-state index is -5.29. The first-order valence-corrected chi connectivity index (χ1v) is 6.00. The lowest BCUT2D eigenvalue weighted by Gasteiger charge is -2.17. The van der Waals surface area contributed by atoms with E-state index in [2.05, 4.69) is 14.5 Å². The van der Waals surface area contributed by atoms with Crippen molar-refractivity contribution in [1.29, 1.82) is 0 Å². The molecule has 0 amide bonds. The third-order valence-electron chi connectivity index (χ3n) is 2.37. The lowest BCUT2D eigenvalue weighted by Crippen LogP contribution is -2.22. The number of alkyl halides is 7. The molecule has 0 N–H and O–H groups in total. The average molecular weight is 352 g/mol. The SMILES string of the molecule is COC(=O)Cc1c(CCl)cc(C(F)(F)F)nc1OC(F)(F)F. The molecule has 0 saturated heterocycles. The van der Waals surface area contributed by atoms with E-state index in [0.717, 1.165) is 7.11 Å². The van der Waals surface area contributed by atoms with Crippen molar-refractivity contribution in [3.8, 4) is 5.88 Å². The van der Waals surface area contributed by atoms with E-state index in [1.54, 1.807) is 0 Å². The maximum atomic E-state index is 12.6. The van der Waals surface area contributed by atoms with Crippen LogP contribution in [0, 0.1) is 0 Å². The minimum absolute atomic E-state index is 0.367. The maximum absolute atomic E-state index is 12.6. The van der Waals surface area contributed by atoms with Gasteiger partial charge in [-0.3, -0.25) is 4.79 Å². The number of carbonyl (C=O) groups is 1. The van der Waals surface area contributed by atoms with E-state index in [1.165, 1.54) is 0 Å². The molecule has 0 spiro atoms. The van der Waals surface area contributed by atoms with E-state index in [0.29, 0.717) is 6.07 Å². The van der Waals surface area contributed by atoms with Crippen LogP contribution in [0.5, 0.6) is 5.88 Å². The van der Waals surface area contributed by atoms with Gasteiger partial charge >= 0.3 is 18.5 Å². The summed E-state index contributed by atoms with van der Waals surface area (Å²) in [5.41, 5.74) is -2.50. The normalized spacial score (nSPS) is 12.2. The van der Waals surface area contributed by atoms with Gasteiger partial charge in [0.1, 0.15) is 5.69 Å². The van der Waals surface area contributed by atoms with E-state index in [4.69, 9.17) is 11.6 Å². The summed E-state index contributed by atoms with van der Waals surface area (Å²) in [5.74, 6) is -2.95. The summed E-state index contributed by atoms with van der Waals surface area (Å²) < 4.78 is 82.6. The quantitative estimate of drug-likeness (QED) is 0.473. The minimum Gasteiger partial charge on any atom is -0.469 e.